The van der Waals surface area contributed by atoms with Crippen molar-refractivity contribution in [3.8, 4) is 0 Å². The topological polar surface area (TPSA) is 101 Å². The number of hydrogen-bond acceptors (Lipinski definition) is 4. The summed E-state index contributed by atoms with van der Waals surface area (Å²) in [4.78, 5) is 22.0. The minimum atomic E-state index is -1.85. The number of halogens is 1. The molecule has 0 saturated carbocycles. The van der Waals surface area contributed by atoms with Crippen LogP contribution < -0.4 is 5.73 Å². The van der Waals surface area contributed by atoms with Crippen molar-refractivity contribution in [3.63, 3.8) is 0 Å². The van der Waals surface area contributed by atoms with Gasteiger partial charge in [0.25, 0.3) is 0 Å². The van der Waals surface area contributed by atoms with Gasteiger partial charge in [-0.1, -0.05) is 6.07 Å². The fourth-order valence-corrected chi connectivity index (χ4v) is 1.42. The molecular weight excluding hydrogens is 229 g/mol. The SMILES string of the molecule is CC(=O)c1cc(F)ccc1C(O)C(O)C(N)=O. The van der Waals surface area contributed by atoms with Crippen LogP contribution in [0.4, 0.5) is 4.39 Å². The van der Waals surface area contributed by atoms with E-state index in [-0.39, 0.29) is 11.1 Å². The molecule has 0 spiro atoms. The lowest BCUT2D eigenvalue weighted by Gasteiger charge is -2.17. The van der Waals surface area contributed by atoms with Gasteiger partial charge in [-0.2, -0.15) is 0 Å². The Morgan fingerprint density at radius 3 is 2.41 bits per heavy atom. The zero-order chi connectivity index (χ0) is 13.2. The minimum absolute atomic E-state index is 0.0369. The Labute approximate surface area is 96.7 Å². The molecule has 0 radical (unpaired) electrons. The third-order valence-corrected chi connectivity index (χ3v) is 2.30. The third-order valence-electron chi connectivity index (χ3n) is 2.30. The molecule has 0 aromatic heterocycles. The molecule has 1 aromatic carbocycles. The molecule has 0 bridgehead atoms. The fourth-order valence-electron chi connectivity index (χ4n) is 1.42. The first kappa shape index (κ1) is 13.3. The van der Waals surface area contributed by atoms with Crippen LogP contribution in [0.15, 0.2) is 18.2 Å². The van der Waals surface area contributed by atoms with Gasteiger partial charge in [0.2, 0.25) is 5.91 Å². The van der Waals surface area contributed by atoms with Crippen LogP contribution in [0.3, 0.4) is 0 Å². The highest BCUT2D eigenvalue weighted by molar-refractivity contribution is 5.96. The van der Waals surface area contributed by atoms with Gasteiger partial charge in [0.05, 0.1) is 0 Å². The first-order chi connectivity index (χ1) is 7.84. The van der Waals surface area contributed by atoms with Crippen molar-refractivity contribution in [2.75, 3.05) is 0 Å². The standard InChI is InChI=1S/C11H12FNO4/c1-5(14)8-4-6(12)2-3-7(8)9(15)10(16)11(13)17/h2-4,9-10,15-16H,1H3,(H2,13,17). The van der Waals surface area contributed by atoms with Gasteiger partial charge in [-0.05, 0) is 24.6 Å². The molecule has 17 heavy (non-hydrogen) atoms. The fraction of sp³-hybridized carbons (Fsp3) is 0.273. The molecule has 0 heterocycles. The normalized spacial score (nSPS) is 14.1. The molecular formula is C11H12FNO4. The smallest absolute Gasteiger partial charge is 0.249 e. The molecule has 4 N–H and O–H groups in total. The second-order valence-corrected chi connectivity index (χ2v) is 3.58. The summed E-state index contributed by atoms with van der Waals surface area (Å²) in [6.07, 6.45) is -3.51. The van der Waals surface area contributed by atoms with E-state index in [9.17, 15) is 24.2 Å². The number of carbonyl (C=O) groups excluding carboxylic acids is 2. The summed E-state index contributed by atoms with van der Waals surface area (Å²) < 4.78 is 12.9. The number of Topliss-reactive ketones (excluding diaryl/α,β-unsaturated/α-hetero) is 1. The molecule has 0 aliphatic rings. The quantitative estimate of drug-likeness (QED) is 0.641. The van der Waals surface area contributed by atoms with Crippen LogP contribution in [0.25, 0.3) is 0 Å². The summed E-state index contributed by atoms with van der Waals surface area (Å²) in [7, 11) is 0. The Morgan fingerprint density at radius 1 is 1.35 bits per heavy atom. The van der Waals surface area contributed by atoms with Gasteiger partial charge in [0, 0.05) is 5.56 Å². The van der Waals surface area contributed by atoms with Crippen molar-refractivity contribution < 1.29 is 24.2 Å². The van der Waals surface area contributed by atoms with Gasteiger partial charge < -0.3 is 15.9 Å². The van der Waals surface area contributed by atoms with Crippen molar-refractivity contribution >= 4 is 11.7 Å². The van der Waals surface area contributed by atoms with Crippen molar-refractivity contribution in [2.24, 2.45) is 5.73 Å². The zero-order valence-electron chi connectivity index (χ0n) is 9.05. The van der Waals surface area contributed by atoms with E-state index in [2.05, 4.69) is 0 Å². The highest BCUT2D eigenvalue weighted by Gasteiger charge is 2.26. The molecule has 5 nitrogen and oxygen atoms in total. The lowest BCUT2D eigenvalue weighted by molar-refractivity contribution is -0.132. The third kappa shape index (κ3) is 2.86. The van der Waals surface area contributed by atoms with Crippen LogP contribution in [0.1, 0.15) is 28.9 Å². The van der Waals surface area contributed by atoms with E-state index in [0.717, 1.165) is 18.2 Å². The lowest BCUT2D eigenvalue weighted by Crippen LogP contribution is -2.34. The molecule has 92 valence electrons. The molecule has 0 aliphatic carbocycles. The van der Waals surface area contributed by atoms with E-state index in [1.54, 1.807) is 0 Å². The molecule has 6 heteroatoms. The number of benzene rings is 1. The van der Waals surface area contributed by atoms with Gasteiger partial charge in [0.1, 0.15) is 11.9 Å². The van der Waals surface area contributed by atoms with E-state index in [4.69, 9.17) is 5.73 Å². The van der Waals surface area contributed by atoms with E-state index < -0.39 is 29.7 Å². The number of nitrogens with two attached hydrogens (primary N) is 1. The zero-order valence-corrected chi connectivity index (χ0v) is 9.05. The Balaban J connectivity index is 3.21. The molecule has 1 rings (SSSR count). The number of ketones is 1. The molecule has 2 unspecified atom stereocenters. The second-order valence-electron chi connectivity index (χ2n) is 3.58. The molecule has 0 saturated heterocycles. The van der Waals surface area contributed by atoms with Crippen LogP contribution in [0.5, 0.6) is 0 Å². The van der Waals surface area contributed by atoms with Crippen molar-refractivity contribution in [3.05, 3.63) is 35.1 Å². The number of amides is 1. The van der Waals surface area contributed by atoms with E-state index in [0.29, 0.717) is 0 Å². The summed E-state index contributed by atoms with van der Waals surface area (Å²) in [6.45, 7) is 1.18. The summed E-state index contributed by atoms with van der Waals surface area (Å²) in [5.41, 5.74) is 4.69. The molecule has 1 aromatic rings. The number of rotatable bonds is 4. The highest BCUT2D eigenvalue weighted by atomic mass is 19.1. The van der Waals surface area contributed by atoms with Gasteiger partial charge in [-0.25, -0.2) is 4.39 Å². The number of carbonyl (C=O) groups is 2. The lowest BCUT2D eigenvalue weighted by atomic mass is 9.96. The largest absolute Gasteiger partial charge is 0.385 e. The van der Waals surface area contributed by atoms with Crippen LogP contribution in [0.2, 0.25) is 0 Å². The minimum Gasteiger partial charge on any atom is -0.385 e. The first-order valence-corrected chi connectivity index (χ1v) is 4.80. The van der Waals surface area contributed by atoms with E-state index >= 15 is 0 Å². The van der Waals surface area contributed by atoms with Gasteiger partial charge in [-0.3, -0.25) is 9.59 Å². The molecule has 0 aliphatic heterocycles. The van der Waals surface area contributed by atoms with Gasteiger partial charge >= 0.3 is 0 Å². The number of hydrogen-bond donors (Lipinski definition) is 3. The van der Waals surface area contributed by atoms with E-state index in [1.807, 2.05) is 0 Å². The van der Waals surface area contributed by atoms with Gasteiger partial charge in [-0.15, -0.1) is 0 Å². The van der Waals surface area contributed by atoms with Crippen molar-refractivity contribution in [1.82, 2.24) is 0 Å². The molecule has 2 atom stereocenters. The predicted molar refractivity (Wildman–Crippen MR) is 56.6 cm³/mol. The Kier molecular flexibility index (Phi) is 3.93. The average molecular weight is 241 g/mol. The number of primary amides is 1. The Bertz CT molecular complexity index is 461. The summed E-state index contributed by atoms with van der Waals surface area (Å²) in [6, 6.07) is 3.07. The van der Waals surface area contributed by atoms with E-state index in [1.165, 1.54) is 6.92 Å². The summed E-state index contributed by atoms with van der Waals surface area (Å²) >= 11 is 0. The maximum absolute atomic E-state index is 12.9. The number of aliphatic hydroxyl groups is 2. The first-order valence-electron chi connectivity index (χ1n) is 4.80. The second kappa shape index (κ2) is 5.03. The Morgan fingerprint density at radius 2 is 1.94 bits per heavy atom. The predicted octanol–water partition coefficient (Wildman–Crippen LogP) is -0.0921. The average Bonchev–Trinajstić information content (AvgIpc) is 2.26. The van der Waals surface area contributed by atoms with Crippen LogP contribution >= 0.6 is 0 Å². The van der Waals surface area contributed by atoms with Crippen molar-refractivity contribution in [2.45, 2.75) is 19.1 Å². The maximum atomic E-state index is 12.9. The maximum Gasteiger partial charge on any atom is 0.249 e. The number of aliphatic hydroxyl groups excluding tert-OH is 2. The molecule has 1 amide bonds. The highest BCUT2D eigenvalue weighted by Crippen LogP contribution is 2.22. The van der Waals surface area contributed by atoms with Gasteiger partial charge in [0.15, 0.2) is 11.9 Å². The van der Waals surface area contributed by atoms with Crippen LogP contribution in [-0.4, -0.2) is 28.0 Å². The summed E-state index contributed by atoms with van der Waals surface area (Å²) in [5.74, 6) is -2.27. The monoisotopic (exact) mass is 241 g/mol. The Hall–Kier alpha value is -1.79. The van der Waals surface area contributed by atoms with Crippen LogP contribution in [-0.2, 0) is 4.79 Å². The van der Waals surface area contributed by atoms with Crippen LogP contribution in [0, 0.1) is 5.82 Å². The van der Waals surface area contributed by atoms with Crippen molar-refractivity contribution in [1.29, 1.82) is 0 Å². The molecule has 0 fully saturated rings. The summed E-state index contributed by atoms with van der Waals surface area (Å²) in [5, 5.41) is 18.9.